The number of methoxy groups -OCH3 is 1. The van der Waals surface area contributed by atoms with Crippen LogP contribution in [0.2, 0.25) is 0 Å². The summed E-state index contributed by atoms with van der Waals surface area (Å²) in [5, 5.41) is 4.08. The summed E-state index contributed by atoms with van der Waals surface area (Å²) in [4.78, 5) is 4.50. The number of aromatic nitrogens is 2. The Morgan fingerprint density at radius 2 is 2.10 bits per heavy atom. The van der Waals surface area contributed by atoms with E-state index in [0.717, 1.165) is 31.7 Å². The zero-order valence-corrected chi connectivity index (χ0v) is 12.8. The van der Waals surface area contributed by atoms with Crippen molar-refractivity contribution in [1.29, 1.82) is 0 Å². The van der Waals surface area contributed by atoms with Crippen molar-refractivity contribution in [3.8, 4) is 0 Å². The van der Waals surface area contributed by atoms with Crippen molar-refractivity contribution >= 4 is 0 Å². The molecule has 0 radical (unpaired) electrons. The average molecular weight is 281 g/mol. The maximum atomic E-state index is 5.67. The van der Waals surface area contributed by atoms with E-state index < -0.39 is 0 Å². The van der Waals surface area contributed by atoms with Crippen molar-refractivity contribution in [3.63, 3.8) is 0 Å². The Kier molecular flexibility index (Phi) is 5.54. The summed E-state index contributed by atoms with van der Waals surface area (Å²) in [7, 11) is 1.72. The number of hydrogen-bond donors (Lipinski definition) is 1. The zero-order chi connectivity index (χ0) is 14.5. The summed E-state index contributed by atoms with van der Waals surface area (Å²) in [5.41, 5.74) is 5.67. The topological polar surface area (TPSA) is 74.2 Å². The molecule has 0 saturated heterocycles. The Labute approximate surface area is 121 Å². The SMILES string of the molecule is COC(c1noc(CCC(CCN)C(C)C)n1)C1CC1. The predicted molar refractivity (Wildman–Crippen MR) is 77.1 cm³/mol. The van der Waals surface area contributed by atoms with Gasteiger partial charge in [0.05, 0.1) is 0 Å². The Morgan fingerprint density at radius 3 is 2.65 bits per heavy atom. The molecule has 1 aromatic heterocycles. The minimum Gasteiger partial charge on any atom is -0.373 e. The lowest BCUT2D eigenvalue weighted by Gasteiger charge is -2.18. The molecule has 1 saturated carbocycles. The van der Waals surface area contributed by atoms with Crippen LogP contribution in [0.15, 0.2) is 4.52 Å². The summed E-state index contributed by atoms with van der Waals surface area (Å²) in [6, 6.07) is 0. The van der Waals surface area contributed by atoms with Crippen LogP contribution in [0.3, 0.4) is 0 Å². The Bertz CT molecular complexity index is 402. The van der Waals surface area contributed by atoms with Gasteiger partial charge in [0.1, 0.15) is 6.10 Å². The van der Waals surface area contributed by atoms with E-state index in [1.165, 1.54) is 12.8 Å². The highest BCUT2D eigenvalue weighted by molar-refractivity contribution is 4.98. The van der Waals surface area contributed by atoms with Gasteiger partial charge in [0.15, 0.2) is 0 Å². The third-order valence-electron chi connectivity index (χ3n) is 4.25. The van der Waals surface area contributed by atoms with Crippen molar-refractivity contribution in [1.82, 2.24) is 10.1 Å². The van der Waals surface area contributed by atoms with E-state index >= 15 is 0 Å². The largest absolute Gasteiger partial charge is 0.373 e. The first-order valence-corrected chi connectivity index (χ1v) is 7.71. The van der Waals surface area contributed by atoms with Gasteiger partial charge < -0.3 is 15.0 Å². The van der Waals surface area contributed by atoms with Crippen LogP contribution in [0.5, 0.6) is 0 Å². The summed E-state index contributed by atoms with van der Waals surface area (Å²) in [6.45, 7) is 5.23. The standard InChI is InChI=1S/C15H27N3O2/c1-10(2)11(8-9-16)6-7-13-17-15(18-20-13)14(19-3)12-4-5-12/h10-12,14H,4-9,16H2,1-3H3. The molecule has 2 rings (SSSR count). The van der Waals surface area contributed by atoms with Gasteiger partial charge in [-0.25, -0.2) is 0 Å². The van der Waals surface area contributed by atoms with Crippen LogP contribution < -0.4 is 5.73 Å². The molecule has 0 spiro atoms. The van der Waals surface area contributed by atoms with E-state index in [9.17, 15) is 0 Å². The molecule has 0 bridgehead atoms. The van der Waals surface area contributed by atoms with Gasteiger partial charge in [-0.3, -0.25) is 0 Å². The second-order valence-corrected chi connectivity index (χ2v) is 6.16. The third-order valence-corrected chi connectivity index (χ3v) is 4.25. The highest BCUT2D eigenvalue weighted by Gasteiger charge is 2.35. The van der Waals surface area contributed by atoms with Gasteiger partial charge >= 0.3 is 0 Å². The Hall–Kier alpha value is -0.940. The van der Waals surface area contributed by atoms with E-state index in [4.69, 9.17) is 15.0 Å². The monoisotopic (exact) mass is 281 g/mol. The molecule has 114 valence electrons. The van der Waals surface area contributed by atoms with Crippen LogP contribution in [0.1, 0.15) is 57.3 Å². The normalized spacial score (nSPS) is 18.4. The average Bonchev–Trinajstić information content (AvgIpc) is 3.14. The molecule has 2 unspecified atom stereocenters. The second-order valence-electron chi connectivity index (χ2n) is 6.16. The fourth-order valence-corrected chi connectivity index (χ4v) is 2.73. The third kappa shape index (κ3) is 4.03. The highest BCUT2D eigenvalue weighted by atomic mass is 16.5. The predicted octanol–water partition coefficient (Wildman–Crippen LogP) is 2.72. The lowest BCUT2D eigenvalue weighted by atomic mass is 9.88. The number of nitrogens with zero attached hydrogens (tertiary/aromatic N) is 2. The van der Waals surface area contributed by atoms with Crippen molar-refractivity contribution in [2.45, 2.75) is 52.1 Å². The summed E-state index contributed by atoms with van der Waals surface area (Å²) in [5.74, 6) is 3.28. The maximum Gasteiger partial charge on any atom is 0.226 e. The van der Waals surface area contributed by atoms with E-state index in [-0.39, 0.29) is 6.10 Å². The van der Waals surface area contributed by atoms with Gasteiger partial charge in [0, 0.05) is 13.5 Å². The molecule has 2 atom stereocenters. The summed E-state index contributed by atoms with van der Waals surface area (Å²) in [6.07, 6.45) is 5.36. The van der Waals surface area contributed by atoms with Crippen molar-refractivity contribution in [2.24, 2.45) is 23.5 Å². The first-order valence-electron chi connectivity index (χ1n) is 7.71. The minimum absolute atomic E-state index is 0.0115. The lowest BCUT2D eigenvalue weighted by molar-refractivity contribution is 0.0751. The van der Waals surface area contributed by atoms with Crippen LogP contribution in [0.25, 0.3) is 0 Å². The molecule has 0 aliphatic heterocycles. The molecule has 5 heteroatoms. The molecule has 5 nitrogen and oxygen atoms in total. The second kappa shape index (κ2) is 7.18. The number of ether oxygens (including phenoxy) is 1. The van der Waals surface area contributed by atoms with Crippen LogP contribution in [0, 0.1) is 17.8 Å². The van der Waals surface area contributed by atoms with Gasteiger partial charge in [0.25, 0.3) is 0 Å². The number of aryl methyl sites for hydroxylation is 1. The molecule has 0 aromatic carbocycles. The van der Waals surface area contributed by atoms with Crippen LogP contribution in [0.4, 0.5) is 0 Å². The summed E-state index contributed by atoms with van der Waals surface area (Å²) >= 11 is 0. The molecule has 20 heavy (non-hydrogen) atoms. The van der Waals surface area contributed by atoms with Crippen LogP contribution >= 0.6 is 0 Å². The molecule has 1 aliphatic carbocycles. The molecule has 2 N–H and O–H groups in total. The first-order chi connectivity index (χ1) is 9.65. The number of nitrogens with two attached hydrogens (primary N) is 1. The van der Waals surface area contributed by atoms with Gasteiger partial charge in [-0.2, -0.15) is 4.98 Å². The van der Waals surface area contributed by atoms with E-state index in [1.54, 1.807) is 7.11 Å². The summed E-state index contributed by atoms with van der Waals surface area (Å²) < 4.78 is 10.8. The van der Waals surface area contributed by atoms with Gasteiger partial charge in [-0.15, -0.1) is 0 Å². The molecule has 1 aromatic rings. The molecule has 0 amide bonds. The molecule has 1 heterocycles. The van der Waals surface area contributed by atoms with Gasteiger partial charge in [-0.05, 0) is 50.0 Å². The number of rotatable bonds is 9. The van der Waals surface area contributed by atoms with E-state index in [1.807, 2.05) is 0 Å². The zero-order valence-electron chi connectivity index (χ0n) is 12.8. The van der Waals surface area contributed by atoms with E-state index in [2.05, 4.69) is 24.0 Å². The fourth-order valence-electron chi connectivity index (χ4n) is 2.73. The van der Waals surface area contributed by atoms with Crippen molar-refractivity contribution < 1.29 is 9.26 Å². The molecule has 1 aliphatic rings. The van der Waals surface area contributed by atoms with Crippen LogP contribution in [-0.2, 0) is 11.2 Å². The van der Waals surface area contributed by atoms with Gasteiger partial charge in [0.2, 0.25) is 11.7 Å². The number of hydrogen-bond acceptors (Lipinski definition) is 5. The molecular weight excluding hydrogens is 254 g/mol. The smallest absolute Gasteiger partial charge is 0.226 e. The highest BCUT2D eigenvalue weighted by Crippen LogP contribution is 2.41. The minimum atomic E-state index is 0.0115. The van der Waals surface area contributed by atoms with Gasteiger partial charge in [-0.1, -0.05) is 19.0 Å². The van der Waals surface area contributed by atoms with Crippen molar-refractivity contribution in [2.75, 3.05) is 13.7 Å². The maximum absolute atomic E-state index is 5.67. The quantitative estimate of drug-likeness (QED) is 0.753. The molecule has 1 fully saturated rings. The first kappa shape index (κ1) is 15.4. The van der Waals surface area contributed by atoms with Crippen molar-refractivity contribution in [3.05, 3.63) is 11.7 Å². The Morgan fingerprint density at radius 1 is 1.35 bits per heavy atom. The van der Waals surface area contributed by atoms with Crippen LogP contribution in [-0.4, -0.2) is 23.8 Å². The lowest BCUT2D eigenvalue weighted by Crippen LogP contribution is -2.15. The van der Waals surface area contributed by atoms with E-state index in [0.29, 0.717) is 23.6 Å². The fraction of sp³-hybridized carbons (Fsp3) is 0.867. The molecular formula is C15H27N3O2. The Balaban J connectivity index is 1.88.